The third-order valence-electron chi connectivity index (χ3n) is 2.62. The van der Waals surface area contributed by atoms with Crippen molar-refractivity contribution in [2.45, 2.75) is 6.61 Å². The van der Waals surface area contributed by atoms with Crippen molar-refractivity contribution in [3.8, 4) is 0 Å². The van der Waals surface area contributed by atoms with Crippen LogP contribution in [0.5, 0.6) is 0 Å². The number of aliphatic carboxylic acids is 1. The molecule has 0 atom stereocenters. The summed E-state index contributed by atoms with van der Waals surface area (Å²) in [6, 6.07) is 9.13. The highest BCUT2D eigenvalue weighted by molar-refractivity contribution is 7.20. The second-order valence-corrected chi connectivity index (χ2v) is 5.86. The van der Waals surface area contributed by atoms with Crippen molar-refractivity contribution in [2.75, 3.05) is 12.4 Å². The Bertz CT molecular complexity index is 763. The standard InChI is InChI=1S/C14H12ClN3O5S/c1-22-18-10(12(19)20)9-11(15)24-13(16-9)17-14(21)23-7-8-5-3-2-4-6-8/h2-6H,7H2,1H3,(H,19,20)(H,16,17,21). The zero-order valence-electron chi connectivity index (χ0n) is 12.4. The molecule has 0 saturated carbocycles. The fourth-order valence-electron chi connectivity index (χ4n) is 1.62. The Labute approximate surface area is 145 Å². The van der Waals surface area contributed by atoms with Gasteiger partial charge in [0.1, 0.15) is 23.7 Å². The minimum Gasteiger partial charge on any atom is -0.476 e. The maximum atomic E-state index is 11.8. The van der Waals surface area contributed by atoms with Crippen molar-refractivity contribution in [1.29, 1.82) is 0 Å². The van der Waals surface area contributed by atoms with E-state index in [1.54, 1.807) is 0 Å². The van der Waals surface area contributed by atoms with E-state index in [9.17, 15) is 9.59 Å². The highest BCUT2D eigenvalue weighted by Gasteiger charge is 2.23. The van der Waals surface area contributed by atoms with Gasteiger partial charge < -0.3 is 14.7 Å². The summed E-state index contributed by atoms with van der Waals surface area (Å²) in [5.74, 6) is -1.36. The predicted molar refractivity (Wildman–Crippen MR) is 88.6 cm³/mol. The lowest BCUT2D eigenvalue weighted by Gasteiger charge is -2.04. The summed E-state index contributed by atoms with van der Waals surface area (Å²) >= 11 is 6.82. The Morgan fingerprint density at radius 2 is 2.08 bits per heavy atom. The van der Waals surface area contributed by atoms with Crippen molar-refractivity contribution in [3.63, 3.8) is 0 Å². The molecule has 0 aliphatic carbocycles. The average Bonchev–Trinajstić information content (AvgIpc) is 2.91. The van der Waals surface area contributed by atoms with Gasteiger partial charge in [0, 0.05) is 0 Å². The molecule has 0 unspecified atom stereocenters. The molecule has 126 valence electrons. The van der Waals surface area contributed by atoms with Gasteiger partial charge in [-0.3, -0.25) is 5.32 Å². The Morgan fingerprint density at radius 3 is 2.71 bits per heavy atom. The van der Waals surface area contributed by atoms with E-state index in [0.717, 1.165) is 16.9 Å². The Kier molecular flexibility index (Phi) is 6.10. The van der Waals surface area contributed by atoms with Crippen LogP contribution in [-0.2, 0) is 21.0 Å². The van der Waals surface area contributed by atoms with Crippen molar-refractivity contribution >= 4 is 45.8 Å². The molecule has 0 spiro atoms. The number of carbonyl (C=O) groups is 2. The lowest BCUT2D eigenvalue weighted by Crippen LogP contribution is -2.17. The summed E-state index contributed by atoms with van der Waals surface area (Å²) in [4.78, 5) is 31.3. The first-order chi connectivity index (χ1) is 11.5. The van der Waals surface area contributed by atoms with E-state index < -0.39 is 17.8 Å². The van der Waals surface area contributed by atoms with E-state index in [2.05, 4.69) is 20.3 Å². The molecule has 2 aromatic rings. The van der Waals surface area contributed by atoms with Crippen LogP contribution in [0.3, 0.4) is 0 Å². The summed E-state index contributed by atoms with van der Waals surface area (Å²) < 4.78 is 5.09. The van der Waals surface area contributed by atoms with Crippen molar-refractivity contribution in [1.82, 2.24) is 4.98 Å². The molecule has 8 nitrogen and oxygen atoms in total. The molecular formula is C14H12ClN3O5S. The van der Waals surface area contributed by atoms with Crippen LogP contribution in [0.4, 0.5) is 9.93 Å². The normalized spacial score (nSPS) is 11.0. The van der Waals surface area contributed by atoms with E-state index in [1.807, 2.05) is 30.3 Å². The molecule has 0 fully saturated rings. The van der Waals surface area contributed by atoms with E-state index >= 15 is 0 Å². The molecule has 2 rings (SSSR count). The maximum Gasteiger partial charge on any atom is 0.413 e. The molecule has 1 aromatic carbocycles. The topological polar surface area (TPSA) is 110 Å². The lowest BCUT2D eigenvalue weighted by atomic mass is 10.2. The number of oxime groups is 1. The predicted octanol–water partition coefficient (Wildman–Crippen LogP) is 2.98. The molecule has 2 N–H and O–H groups in total. The number of rotatable bonds is 6. The van der Waals surface area contributed by atoms with Gasteiger partial charge >= 0.3 is 12.1 Å². The number of aromatic nitrogens is 1. The first-order valence-corrected chi connectivity index (χ1v) is 7.69. The first-order valence-electron chi connectivity index (χ1n) is 6.50. The van der Waals surface area contributed by atoms with Gasteiger partial charge in [-0.2, -0.15) is 0 Å². The molecule has 0 radical (unpaired) electrons. The molecule has 0 aliphatic heterocycles. The van der Waals surface area contributed by atoms with Gasteiger partial charge in [-0.1, -0.05) is 58.4 Å². The summed E-state index contributed by atoms with van der Waals surface area (Å²) in [5, 5.41) is 14.9. The monoisotopic (exact) mass is 369 g/mol. The molecule has 0 aliphatic rings. The number of ether oxygens (including phenoxy) is 1. The van der Waals surface area contributed by atoms with Crippen LogP contribution < -0.4 is 5.32 Å². The Morgan fingerprint density at radius 1 is 1.38 bits per heavy atom. The van der Waals surface area contributed by atoms with E-state index in [0.29, 0.717) is 0 Å². The van der Waals surface area contributed by atoms with Crippen LogP contribution >= 0.6 is 22.9 Å². The summed E-state index contributed by atoms with van der Waals surface area (Å²) in [6.07, 6.45) is -0.739. The molecule has 24 heavy (non-hydrogen) atoms. The summed E-state index contributed by atoms with van der Waals surface area (Å²) in [5.41, 5.74) is 0.254. The number of nitrogens with zero attached hydrogens (tertiary/aromatic N) is 2. The summed E-state index contributed by atoms with van der Waals surface area (Å²) in [7, 11) is 1.20. The van der Waals surface area contributed by atoms with Crippen LogP contribution in [-0.4, -0.2) is 35.0 Å². The largest absolute Gasteiger partial charge is 0.476 e. The van der Waals surface area contributed by atoms with Crippen molar-refractivity contribution < 1.29 is 24.3 Å². The number of carboxylic acid groups (broad SMARTS) is 1. The first kappa shape index (κ1) is 17.7. The number of thiazole rings is 1. The second-order valence-electron chi connectivity index (χ2n) is 4.26. The van der Waals surface area contributed by atoms with E-state index in [-0.39, 0.29) is 21.8 Å². The van der Waals surface area contributed by atoms with E-state index in [4.69, 9.17) is 21.4 Å². The molecule has 0 bridgehead atoms. The van der Waals surface area contributed by atoms with Crippen molar-refractivity contribution in [2.24, 2.45) is 5.16 Å². The van der Waals surface area contributed by atoms with Crippen LogP contribution in [0.1, 0.15) is 11.3 Å². The number of amides is 1. The molecule has 10 heteroatoms. The van der Waals surface area contributed by atoms with Gasteiger partial charge in [0.15, 0.2) is 5.13 Å². The number of nitrogens with one attached hydrogen (secondary N) is 1. The Balaban J connectivity index is 2.03. The number of anilines is 1. The molecule has 1 amide bonds. The van der Waals surface area contributed by atoms with Gasteiger partial charge in [-0.25, -0.2) is 14.6 Å². The number of carboxylic acids is 1. The SMILES string of the molecule is CON=C(C(=O)O)c1nc(NC(=O)OCc2ccccc2)sc1Cl. The van der Waals surface area contributed by atoms with Crippen LogP contribution in [0.2, 0.25) is 4.34 Å². The van der Waals surface area contributed by atoms with Crippen LogP contribution in [0.15, 0.2) is 35.5 Å². The summed E-state index contributed by atoms with van der Waals surface area (Å²) in [6.45, 7) is 0.0874. The fraction of sp³-hybridized carbons (Fsp3) is 0.143. The maximum absolute atomic E-state index is 11.8. The van der Waals surface area contributed by atoms with E-state index in [1.165, 1.54) is 7.11 Å². The van der Waals surface area contributed by atoms with Crippen molar-refractivity contribution in [3.05, 3.63) is 45.9 Å². The number of carbonyl (C=O) groups excluding carboxylic acids is 1. The highest BCUT2D eigenvalue weighted by Crippen LogP contribution is 2.28. The number of hydrogen-bond donors (Lipinski definition) is 2. The van der Waals surface area contributed by atoms with Gasteiger partial charge in [-0.05, 0) is 5.56 Å². The van der Waals surface area contributed by atoms with Gasteiger partial charge in [0.2, 0.25) is 5.71 Å². The third-order valence-corrected chi connectivity index (χ3v) is 3.79. The fourth-order valence-corrected chi connectivity index (χ4v) is 2.65. The number of halogens is 1. The molecule has 1 heterocycles. The number of benzene rings is 1. The van der Waals surface area contributed by atoms with Crippen LogP contribution in [0.25, 0.3) is 0 Å². The highest BCUT2D eigenvalue weighted by atomic mass is 35.5. The third kappa shape index (κ3) is 4.67. The molecular weight excluding hydrogens is 358 g/mol. The lowest BCUT2D eigenvalue weighted by molar-refractivity contribution is -0.129. The average molecular weight is 370 g/mol. The van der Waals surface area contributed by atoms with Gasteiger partial charge in [0.05, 0.1) is 0 Å². The minimum atomic E-state index is -1.36. The smallest absolute Gasteiger partial charge is 0.413 e. The van der Waals surface area contributed by atoms with Gasteiger partial charge in [0.25, 0.3) is 0 Å². The molecule has 1 aromatic heterocycles. The van der Waals surface area contributed by atoms with Gasteiger partial charge in [-0.15, -0.1) is 0 Å². The molecule has 0 saturated heterocycles. The Hall–Kier alpha value is -2.65. The zero-order valence-corrected chi connectivity index (χ0v) is 13.9. The second kappa shape index (κ2) is 8.27. The zero-order chi connectivity index (χ0) is 17.5. The minimum absolute atomic E-state index is 0.0477. The number of hydrogen-bond acceptors (Lipinski definition) is 7. The van der Waals surface area contributed by atoms with Crippen LogP contribution in [0, 0.1) is 0 Å². The quantitative estimate of drug-likeness (QED) is 0.598.